The molecule has 1 rings (SSSR count). The molecule has 16 heavy (non-hydrogen) atoms. The molecule has 0 saturated heterocycles. The summed E-state index contributed by atoms with van der Waals surface area (Å²) in [6.45, 7) is 2.19. The molecule has 1 heterocycles. The summed E-state index contributed by atoms with van der Waals surface area (Å²) >= 11 is 0. The Hall–Kier alpha value is -0.980. The van der Waals surface area contributed by atoms with E-state index in [1.807, 2.05) is 6.92 Å². The van der Waals surface area contributed by atoms with Crippen molar-refractivity contribution in [3.05, 3.63) is 24.4 Å². The summed E-state index contributed by atoms with van der Waals surface area (Å²) in [5.41, 5.74) is 0. The summed E-state index contributed by atoms with van der Waals surface area (Å²) in [6, 6.07) is 4.74. The third-order valence-corrected chi connectivity index (χ3v) is 3.88. The first-order valence-electron chi connectivity index (χ1n) is 5.15. The van der Waals surface area contributed by atoms with Gasteiger partial charge in [-0.25, -0.2) is 13.4 Å². The SMILES string of the molecule is CCCN(CCO)S(=O)(=O)c1ccccn1. The second-order valence-electron chi connectivity index (χ2n) is 3.30. The van der Waals surface area contributed by atoms with Crippen LogP contribution in [0.2, 0.25) is 0 Å². The van der Waals surface area contributed by atoms with Crippen LogP contribution < -0.4 is 0 Å². The predicted octanol–water partition coefficient (Wildman–Crippen LogP) is 0.475. The summed E-state index contributed by atoms with van der Waals surface area (Å²) < 4.78 is 25.4. The number of rotatable bonds is 6. The molecule has 1 aromatic rings. The Morgan fingerprint density at radius 3 is 2.62 bits per heavy atom. The Labute approximate surface area is 95.8 Å². The molecule has 6 heteroatoms. The molecule has 0 atom stereocenters. The molecular formula is C10H16N2O3S. The molecule has 0 aliphatic rings. The van der Waals surface area contributed by atoms with Gasteiger partial charge in [-0.2, -0.15) is 4.31 Å². The molecule has 0 aliphatic carbocycles. The van der Waals surface area contributed by atoms with Crippen LogP contribution in [0.1, 0.15) is 13.3 Å². The highest BCUT2D eigenvalue weighted by molar-refractivity contribution is 7.89. The molecule has 5 nitrogen and oxygen atoms in total. The largest absolute Gasteiger partial charge is 0.395 e. The van der Waals surface area contributed by atoms with E-state index < -0.39 is 10.0 Å². The lowest BCUT2D eigenvalue weighted by Crippen LogP contribution is -2.34. The van der Waals surface area contributed by atoms with E-state index in [4.69, 9.17) is 5.11 Å². The van der Waals surface area contributed by atoms with E-state index in [-0.39, 0.29) is 18.2 Å². The Morgan fingerprint density at radius 1 is 1.38 bits per heavy atom. The molecule has 0 aromatic carbocycles. The number of hydrogen-bond donors (Lipinski definition) is 1. The molecule has 0 saturated carbocycles. The van der Waals surface area contributed by atoms with Gasteiger partial charge in [-0.3, -0.25) is 0 Å². The van der Waals surface area contributed by atoms with E-state index in [1.165, 1.54) is 16.6 Å². The molecule has 0 spiro atoms. The maximum atomic E-state index is 12.1. The summed E-state index contributed by atoms with van der Waals surface area (Å²) in [5.74, 6) is 0. The van der Waals surface area contributed by atoms with Gasteiger partial charge in [0, 0.05) is 19.3 Å². The maximum absolute atomic E-state index is 12.1. The van der Waals surface area contributed by atoms with Crippen molar-refractivity contribution in [3.63, 3.8) is 0 Å². The lowest BCUT2D eigenvalue weighted by molar-refractivity contribution is 0.253. The van der Waals surface area contributed by atoms with Crippen molar-refractivity contribution >= 4 is 10.0 Å². The first-order valence-corrected chi connectivity index (χ1v) is 6.59. The zero-order valence-corrected chi connectivity index (χ0v) is 10.0. The summed E-state index contributed by atoms with van der Waals surface area (Å²) in [4.78, 5) is 3.82. The predicted molar refractivity (Wildman–Crippen MR) is 60.4 cm³/mol. The minimum Gasteiger partial charge on any atom is -0.395 e. The van der Waals surface area contributed by atoms with Crippen LogP contribution in [-0.4, -0.2) is 42.5 Å². The molecule has 0 bridgehead atoms. The van der Waals surface area contributed by atoms with E-state index in [1.54, 1.807) is 12.1 Å². The molecular weight excluding hydrogens is 228 g/mol. The van der Waals surface area contributed by atoms with Gasteiger partial charge in [0.2, 0.25) is 0 Å². The quantitative estimate of drug-likeness (QED) is 0.790. The zero-order valence-electron chi connectivity index (χ0n) is 9.20. The minimum atomic E-state index is -3.56. The van der Waals surface area contributed by atoms with E-state index >= 15 is 0 Å². The molecule has 0 unspecified atom stereocenters. The normalized spacial score (nSPS) is 11.9. The van der Waals surface area contributed by atoms with Crippen molar-refractivity contribution in [1.29, 1.82) is 0 Å². The summed E-state index contributed by atoms with van der Waals surface area (Å²) in [6.07, 6.45) is 2.14. The van der Waals surface area contributed by atoms with Gasteiger partial charge in [0.1, 0.15) is 0 Å². The van der Waals surface area contributed by atoms with Gasteiger partial charge in [0.25, 0.3) is 10.0 Å². The van der Waals surface area contributed by atoms with E-state index in [9.17, 15) is 8.42 Å². The van der Waals surface area contributed by atoms with Crippen molar-refractivity contribution in [2.24, 2.45) is 0 Å². The molecule has 90 valence electrons. The van der Waals surface area contributed by atoms with Crippen molar-refractivity contribution in [2.45, 2.75) is 18.4 Å². The number of aromatic nitrogens is 1. The van der Waals surface area contributed by atoms with Gasteiger partial charge in [0.05, 0.1) is 6.61 Å². The van der Waals surface area contributed by atoms with E-state index in [2.05, 4.69) is 4.98 Å². The topological polar surface area (TPSA) is 70.5 Å². The summed E-state index contributed by atoms with van der Waals surface area (Å²) in [5, 5.41) is 8.87. The minimum absolute atomic E-state index is 0.0249. The smallest absolute Gasteiger partial charge is 0.260 e. The Morgan fingerprint density at radius 2 is 2.12 bits per heavy atom. The van der Waals surface area contributed by atoms with Crippen LogP contribution in [0.5, 0.6) is 0 Å². The number of pyridine rings is 1. The Bertz CT molecular complexity index is 399. The first kappa shape index (κ1) is 13.1. The Balaban J connectivity index is 2.98. The van der Waals surface area contributed by atoms with Crippen LogP contribution >= 0.6 is 0 Å². The second-order valence-corrected chi connectivity index (χ2v) is 5.18. The van der Waals surface area contributed by atoms with Gasteiger partial charge in [-0.1, -0.05) is 13.0 Å². The monoisotopic (exact) mass is 244 g/mol. The fourth-order valence-electron chi connectivity index (χ4n) is 1.35. The van der Waals surface area contributed by atoms with Crippen LogP contribution in [-0.2, 0) is 10.0 Å². The highest BCUT2D eigenvalue weighted by atomic mass is 32.2. The fraction of sp³-hybridized carbons (Fsp3) is 0.500. The van der Waals surface area contributed by atoms with Crippen LogP contribution in [0, 0.1) is 0 Å². The van der Waals surface area contributed by atoms with Gasteiger partial charge < -0.3 is 5.11 Å². The molecule has 0 radical (unpaired) electrons. The molecule has 0 fully saturated rings. The number of hydrogen-bond acceptors (Lipinski definition) is 4. The van der Waals surface area contributed by atoms with Gasteiger partial charge in [-0.15, -0.1) is 0 Å². The van der Waals surface area contributed by atoms with Crippen molar-refractivity contribution < 1.29 is 13.5 Å². The van der Waals surface area contributed by atoms with E-state index in [0.29, 0.717) is 13.0 Å². The average molecular weight is 244 g/mol. The first-order chi connectivity index (χ1) is 7.62. The van der Waals surface area contributed by atoms with Crippen molar-refractivity contribution in [3.8, 4) is 0 Å². The van der Waals surface area contributed by atoms with Crippen LogP contribution in [0.4, 0.5) is 0 Å². The lowest BCUT2D eigenvalue weighted by Gasteiger charge is -2.19. The zero-order chi connectivity index (χ0) is 12.0. The van der Waals surface area contributed by atoms with Gasteiger partial charge >= 0.3 is 0 Å². The molecule has 0 aliphatic heterocycles. The van der Waals surface area contributed by atoms with E-state index in [0.717, 1.165) is 0 Å². The molecule has 1 N–H and O–H groups in total. The van der Waals surface area contributed by atoms with Gasteiger partial charge in [0.15, 0.2) is 5.03 Å². The molecule has 0 amide bonds. The highest BCUT2D eigenvalue weighted by Gasteiger charge is 2.23. The number of sulfonamides is 1. The standard InChI is InChI=1S/C10H16N2O3S/c1-2-7-12(8-9-13)16(14,15)10-5-3-4-6-11-10/h3-6,13H,2,7-9H2,1H3. The highest BCUT2D eigenvalue weighted by Crippen LogP contribution is 2.12. The van der Waals surface area contributed by atoms with Crippen molar-refractivity contribution in [1.82, 2.24) is 9.29 Å². The summed E-state index contributed by atoms with van der Waals surface area (Å²) in [7, 11) is -3.56. The number of aliphatic hydroxyl groups is 1. The molecule has 1 aromatic heterocycles. The van der Waals surface area contributed by atoms with Crippen molar-refractivity contribution in [2.75, 3.05) is 19.7 Å². The van der Waals surface area contributed by atoms with Gasteiger partial charge in [-0.05, 0) is 18.6 Å². The second kappa shape index (κ2) is 5.93. The van der Waals surface area contributed by atoms with Crippen LogP contribution in [0.25, 0.3) is 0 Å². The third kappa shape index (κ3) is 3.01. The van der Waals surface area contributed by atoms with Crippen LogP contribution in [0.15, 0.2) is 29.4 Å². The maximum Gasteiger partial charge on any atom is 0.260 e. The Kier molecular flexibility index (Phi) is 4.85. The van der Waals surface area contributed by atoms with Crippen LogP contribution in [0.3, 0.4) is 0 Å². The number of nitrogens with zero attached hydrogens (tertiary/aromatic N) is 2. The number of aliphatic hydroxyl groups excluding tert-OH is 1. The fourth-order valence-corrected chi connectivity index (χ4v) is 2.80. The third-order valence-electron chi connectivity index (χ3n) is 2.06. The average Bonchev–Trinajstić information content (AvgIpc) is 2.30. The lowest BCUT2D eigenvalue weighted by atomic mass is 10.5.